The van der Waals surface area contributed by atoms with Gasteiger partial charge in [-0.2, -0.15) is 0 Å². The van der Waals surface area contributed by atoms with Crippen LogP contribution in [0.15, 0.2) is 41.5 Å². The zero-order chi connectivity index (χ0) is 28.9. The average molecular weight is 547 g/mol. The van der Waals surface area contributed by atoms with E-state index in [9.17, 15) is 9.59 Å². The quantitative estimate of drug-likeness (QED) is 0.185. The van der Waals surface area contributed by atoms with Gasteiger partial charge in [-0.05, 0) is 110 Å². The van der Waals surface area contributed by atoms with Crippen LogP contribution in [0.2, 0.25) is 0 Å². The van der Waals surface area contributed by atoms with Gasteiger partial charge in [-0.1, -0.05) is 90.2 Å². The fourth-order valence-corrected chi connectivity index (χ4v) is 10.5. The van der Waals surface area contributed by atoms with Crippen LogP contribution in [0, 0.1) is 45.3 Å². The normalized spacial score (nSPS) is 39.8. The van der Waals surface area contributed by atoms with Gasteiger partial charge in [0.2, 0.25) is 0 Å². The third-order valence-electron chi connectivity index (χ3n) is 13.1. The first kappa shape index (κ1) is 29.6. The molecule has 0 heterocycles. The molecule has 1 aromatic carbocycles. The van der Waals surface area contributed by atoms with Crippen LogP contribution < -0.4 is 0 Å². The number of aldehydes is 1. The highest BCUT2D eigenvalue weighted by atomic mass is 16.5. The summed E-state index contributed by atoms with van der Waals surface area (Å²) in [5, 5.41) is 0. The van der Waals surface area contributed by atoms with Crippen molar-refractivity contribution >= 4 is 12.3 Å². The van der Waals surface area contributed by atoms with Crippen LogP contribution >= 0.6 is 0 Å². The molecule has 0 saturated heterocycles. The zero-order valence-corrected chi connectivity index (χ0v) is 26.4. The van der Waals surface area contributed by atoms with Gasteiger partial charge in [-0.3, -0.25) is 0 Å². The number of allylic oxidation sites excluding steroid dienone is 2. The highest BCUT2D eigenvalue weighted by molar-refractivity contribution is 5.89. The molecule has 2 saturated carbocycles. The molecule has 3 heteroatoms. The van der Waals surface area contributed by atoms with E-state index in [2.05, 4.69) is 48.5 Å². The van der Waals surface area contributed by atoms with Crippen LogP contribution in [0.5, 0.6) is 0 Å². The first-order chi connectivity index (χ1) is 18.9. The summed E-state index contributed by atoms with van der Waals surface area (Å²) < 4.78 is 6.12. The van der Waals surface area contributed by atoms with Crippen molar-refractivity contribution in [1.29, 1.82) is 0 Å². The number of rotatable bonds is 8. The second-order valence-electron chi connectivity index (χ2n) is 15.4. The summed E-state index contributed by atoms with van der Waals surface area (Å²) >= 11 is 0. The number of esters is 1. The van der Waals surface area contributed by atoms with Crippen molar-refractivity contribution in [2.75, 3.05) is 0 Å². The molecule has 0 aromatic heterocycles. The Kier molecular flexibility index (Phi) is 7.94. The van der Waals surface area contributed by atoms with E-state index in [1.165, 1.54) is 44.9 Å². The number of hydrogen-bond donors (Lipinski definition) is 0. The van der Waals surface area contributed by atoms with Gasteiger partial charge in [0.1, 0.15) is 12.4 Å². The lowest BCUT2D eigenvalue weighted by Crippen LogP contribution is -2.57. The highest BCUT2D eigenvalue weighted by Crippen LogP contribution is 2.72. The predicted molar refractivity (Wildman–Crippen MR) is 163 cm³/mol. The second-order valence-corrected chi connectivity index (χ2v) is 15.4. The Morgan fingerprint density at radius 1 is 0.925 bits per heavy atom. The van der Waals surface area contributed by atoms with E-state index in [1.807, 2.05) is 18.2 Å². The summed E-state index contributed by atoms with van der Waals surface area (Å²) in [5.41, 5.74) is 3.96. The SMILES string of the molecule is CC(C)CCC[C@@H](C)[C@H]1CC[C@@]2(C)C3=C(CC[C@]12C)[C@@]1(C)CC[C@H](OC(=O)c2ccccc2)C(C)(C=O)C1CC3. The minimum atomic E-state index is -0.666. The van der Waals surface area contributed by atoms with Crippen LogP contribution in [-0.4, -0.2) is 18.4 Å². The molecular formula is C37H54O3. The summed E-state index contributed by atoms with van der Waals surface area (Å²) in [5.74, 6) is 2.28. The lowest BCUT2D eigenvalue weighted by Gasteiger charge is -2.61. The minimum absolute atomic E-state index is 0.00417. The Morgan fingerprint density at radius 2 is 1.65 bits per heavy atom. The smallest absolute Gasteiger partial charge is 0.338 e. The van der Waals surface area contributed by atoms with Gasteiger partial charge in [0.25, 0.3) is 0 Å². The molecule has 0 bridgehead atoms. The van der Waals surface area contributed by atoms with E-state index in [1.54, 1.807) is 23.3 Å². The maximum atomic E-state index is 13.0. The van der Waals surface area contributed by atoms with Gasteiger partial charge in [0.05, 0.1) is 11.0 Å². The van der Waals surface area contributed by atoms with Crippen molar-refractivity contribution in [2.45, 2.75) is 125 Å². The summed E-state index contributed by atoms with van der Waals surface area (Å²) in [4.78, 5) is 25.9. The van der Waals surface area contributed by atoms with Crippen molar-refractivity contribution in [3.05, 3.63) is 47.0 Å². The van der Waals surface area contributed by atoms with Crippen LogP contribution in [0.1, 0.15) is 129 Å². The molecule has 1 aromatic rings. The topological polar surface area (TPSA) is 43.4 Å². The molecular weight excluding hydrogens is 492 g/mol. The fraction of sp³-hybridized carbons (Fsp3) is 0.730. The molecule has 2 fully saturated rings. The number of fused-ring (bicyclic) bond motifs is 4. The van der Waals surface area contributed by atoms with Crippen LogP contribution in [0.3, 0.4) is 0 Å². The van der Waals surface area contributed by atoms with E-state index in [-0.39, 0.29) is 28.8 Å². The standard InChI is InChI=1S/C37H54O3/c1-25(2)12-11-13-26(3)28-18-22-37(7)30-16-17-31-34(4,29(30)19-23-36(28,37)6)21-20-32(35(31,5)24-38)40-33(39)27-14-9-8-10-15-27/h8-10,14-15,24-26,28,31-32H,11-13,16-23H2,1-7H3/t26-,28-,31?,32+,34-,35?,36-,37+/m1/s1. The Balaban J connectivity index is 1.40. The molecule has 40 heavy (non-hydrogen) atoms. The van der Waals surface area contributed by atoms with E-state index in [0.717, 1.165) is 49.7 Å². The number of carbonyl (C=O) groups is 2. The maximum Gasteiger partial charge on any atom is 0.338 e. The van der Waals surface area contributed by atoms with Crippen LogP contribution in [0.25, 0.3) is 0 Å². The zero-order valence-electron chi connectivity index (χ0n) is 26.4. The van der Waals surface area contributed by atoms with E-state index in [0.29, 0.717) is 11.0 Å². The van der Waals surface area contributed by atoms with Crippen LogP contribution in [0.4, 0.5) is 0 Å². The molecule has 220 valence electrons. The monoisotopic (exact) mass is 546 g/mol. The Labute approximate surface area is 243 Å². The molecule has 2 unspecified atom stereocenters. The first-order valence-electron chi connectivity index (χ1n) is 16.4. The third-order valence-corrected chi connectivity index (χ3v) is 13.1. The summed E-state index contributed by atoms with van der Waals surface area (Å²) in [6.07, 6.45) is 13.8. The Morgan fingerprint density at radius 3 is 2.33 bits per heavy atom. The van der Waals surface area contributed by atoms with Crippen LogP contribution in [-0.2, 0) is 9.53 Å². The fourth-order valence-electron chi connectivity index (χ4n) is 10.5. The van der Waals surface area contributed by atoms with Crippen molar-refractivity contribution < 1.29 is 14.3 Å². The van der Waals surface area contributed by atoms with E-state index >= 15 is 0 Å². The third kappa shape index (κ3) is 4.53. The van der Waals surface area contributed by atoms with Gasteiger partial charge in [0.15, 0.2) is 0 Å². The summed E-state index contributed by atoms with van der Waals surface area (Å²) in [7, 11) is 0. The van der Waals surface area contributed by atoms with Crippen molar-refractivity contribution in [3.63, 3.8) is 0 Å². The maximum absolute atomic E-state index is 13.0. The second kappa shape index (κ2) is 10.7. The largest absolute Gasteiger partial charge is 0.458 e. The van der Waals surface area contributed by atoms with Crippen molar-refractivity contribution in [3.8, 4) is 0 Å². The molecule has 3 nitrogen and oxygen atoms in total. The lowest BCUT2D eigenvalue weighted by molar-refractivity contribution is -0.143. The molecule has 0 aliphatic heterocycles. The van der Waals surface area contributed by atoms with Gasteiger partial charge >= 0.3 is 5.97 Å². The Bertz CT molecular complexity index is 1140. The molecule has 0 N–H and O–H groups in total. The lowest BCUT2D eigenvalue weighted by atomic mass is 9.43. The van der Waals surface area contributed by atoms with E-state index < -0.39 is 5.41 Å². The average Bonchev–Trinajstić information content (AvgIpc) is 3.21. The van der Waals surface area contributed by atoms with Gasteiger partial charge in [-0.25, -0.2) is 4.79 Å². The molecule has 0 amide bonds. The van der Waals surface area contributed by atoms with Gasteiger partial charge in [0, 0.05) is 0 Å². The summed E-state index contributed by atoms with van der Waals surface area (Å²) in [6, 6.07) is 9.22. The molecule has 4 aliphatic rings. The molecule has 4 aliphatic carbocycles. The molecule has 8 atom stereocenters. The van der Waals surface area contributed by atoms with Gasteiger partial charge in [-0.15, -0.1) is 0 Å². The predicted octanol–water partition coefficient (Wildman–Crippen LogP) is 9.60. The minimum Gasteiger partial charge on any atom is -0.458 e. The van der Waals surface area contributed by atoms with Crippen molar-refractivity contribution in [2.24, 2.45) is 45.3 Å². The molecule has 0 spiro atoms. The highest BCUT2D eigenvalue weighted by Gasteiger charge is 2.64. The van der Waals surface area contributed by atoms with E-state index in [4.69, 9.17) is 4.74 Å². The van der Waals surface area contributed by atoms with Gasteiger partial charge < -0.3 is 9.53 Å². The summed E-state index contributed by atoms with van der Waals surface area (Å²) in [6.45, 7) is 17.0. The number of ether oxygens (including phenoxy) is 1. The number of carbonyl (C=O) groups excluding carboxylic acids is 2. The molecule has 0 radical (unpaired) electrons. The Hall–Kier alpha value is -1.90. The first-order valence-corrected chi connectivity index (χ1v) is 16.4. The number of benzene rings is 1. The molecule has 5 rings (SSSR count). The number of hydrogen-bond acceptors (Lipinski definition) is 3. The van der Waals surface area contributed by atoms with Crippen molar-refractivity contribution in [1.82, 2.24) is 0 Å².